The van der Waals surface area contributed by atoms with Gasteiger partial charge in [0.25, 0.3) is 5.91 Å². The molecule has 1 aromatic heterocycles. The number of nitrogens with one attached hydrogen (secondary N) is 1. The fourth-order valence-electron chi connectivity index (χ4n) is 4.01. The number of alkyl carbamates (subject to hydrolysis) is 1. The molecule has 0 saturated heterocycles. The first kappa shape index (κ1) is 20.6. The molecule has 2 amide bonds. The van der Waals surface area contributed by atoms with Gasteiger partial charge in [-0.25, -0.2) is 9.59 Å². The summed E-state index contributed by atoms with van der Waals surface area (Å²) in [4.78, 5) is 40.1. The van der Waals surface area contributed by atoms with E-state index in [1.807, 2.05) is 16.3 Å². The van der Waals surface area contributed by atoms with Gasteiger partial charge < -0.3 is 19.7 Å². The van der Waals surface area contributed by atoms with Gasteiger partial charge in [0.15, 0.2) is 0 Å². The van der Waals surface area contributed by atoms with Crippen LogP contribution in [0.2, 0.25) is 0 Å². The van der Waals surface area contributed by atoms with Gasteiger partial charge in [0.05, 0.1) is 19.2 Å². The molecule has 2 heterocycles. The van der Waals surface area contributed by atoms with E-state index in [1.54, 1.807) is 32.1 Å². The third-order valence-electron chi connectivity index (χ3n) is 5.33. The van der Waals surface area contributed by atoms with Gasteiger partial charge in [-0.15, -0.1) is 11.3 Å². The van der Waals surface area contributed by atoms with Crippen LogP contribution >= 0.6 is 11.3 Å². The summed E-state index contributed by atoms with van der Waals surface area (Å²) in [6.07, 6.45) is 2.45. The Morgan fingerprint density at radius 2 is 1.93 bits per heavy atom. The van der Waals surface area contributed by atoms with E-state index in [1.165, 1.54) is 7.11 Å². The van der Waals surface area contributed by atoms with E-state index in [-0.39, 0.29) is 17.9 Å². The van der Waals surface area contributed by atoms with Crippen molar-refractivity contribution in [1.82, 2.24) is 10.2 Å². The largest absolute Gasteiger partial charge is 0.467 e. The number of carbonyl (C=O) groups is 3. The lowest BCUT2D eigenvalue weighted by atomic mass is 9.81. The van der Waals surface area contributed by atoms with Gasteiger partial charge in [0.2, 0.25) is 0 Å². The molecule has 0 bridgehead atoms. The SMILES string of the molecule is COC(=O)[C@@H](NC(=O)OC(C)(C)C)[C@H]1CC[C@H](N2Cc3sccc3C2=O)CC1. The van der Waals surface area contributed by atoms with Crippen LogP contribution in [-0.2, 0) is 20.8 Å². The van der Waals surface area contributed by atoms with Crippen molar-refractivity contribution in [1.29, 1.82) is 0 Å². The van der Waals surface area contributed by atoms with Crippen molar-refractivity contribution >= 4 is 29.3 Å². The molecule has 1 fully saturated rings. The van der Waals surface area contributed by atoms with Crippen molar-refractivity contribution in [3.05, 3.63) is 21.9 Å². The van der Waals surface area contributed by atoms with Crippen molar-refractivity contribution in [2.24, 2.45) is 5.92 Å². The molecule has 1 saturated carbocycles. The van der Waals surface area contributed by atoms with Crippen LogP contribution in [0, 0.1) is 5.92 Å². The molecular weight excluding hydrogens is 380 g/mol. The van der Waals surface area contributed by atoms with Crippen molar-refractivity contribution in [2.75, 3.05) is 7.11 Å². The number of amides is 2. The molecule has 0 radical (unpaired) electrons. The molecule has 1 aromatic rings. The first-order chi connectivity index (χ1) is 13.2. The van der Waals surface area contributed by atoms with Crippen LogP contribution in [0.1, 0.15) is 61.7 Å². The Bertz CT molecular complexity index is 746. The van der Waals surface area contributed by atoms with Crippen LogP contribution in [0.15, 0.2) is 11.4 Å². The highest BCUT2D eigenvalue weighted by molar-refractivity contribution is 7.10. The number of hydrogen-bond acceptors (Lipinski definition) is 6. The summed E-state index contributed by atoms with van der Waals surface area (Å²) >= 11 is 1.62. The number of esters is 1. The molecule has 28 heavy (non-hydrogen) atoms. The Labute approximate surface area is 169 Å². The number of ether oxygens (including phenoxy) is 2. The molecule has 1 aliphatic heterocycles. The third-order valence-corrected chi connectivity index (χ3v) is 6.24. The highest BCUT2D eigenvalue weighted by Gasteiger charge is 2.39. The van der Waals surface area contributed by atoms with Crippen molar-refractivity contribution in [2.45, 2.75) is 70.7 Å². The van der Waals surface area contributed by atoms with Gasteiger partial charge in [0, 0.05) is 10.9 Å². The van der Waals surface area contributed by atoms with Gasteiger partial charge >= 0.3 is 12.1 Å². The minimum Gasteiger partial charge on any atom is -0.467 e. The summed E-state index contributed by atoms with van der Waals surface area (Å²) in [6.45, 7) is 6.00. The normalized spacial score (nSPS) is 23.1. The highest BCUT2D eigenvalue weighted by Crippen LogP contribution is 2.36. The summed E-state index contributed by atoms with van der Waals surface area (Å²) in [5.74, 6) is -0.396. The second-order valence-electron chi connectivity index (χ2n) is 8.41. The highest BCUT2D eigenvalue weighted by atomic mass is 32.1. The maximum atomic E-state index is 12.6. The summed E-state index contributed by atoms with van der Waals surface area (Å²) in [6, 6.07) is 1.33. The lowest BCUT2D eigenvalue weighted by molar-refractivity contribution is -0.145. The quantitative estimate of drug-likeness (QED) is 0.773. The van der Waals surface area contributed by atoms with E-state index in [0.717, 1.165) is 36.1 Å². The fourth-order valence-corrected chi connectivity index (χ4v) is 4.87. The summed E-state index contributed by atoms with van der Waals surface area (Å²) < 4.78 is 10.2. The molecule has 8 heteroatoms. The molecule has 1 aliphatic carbocycles. The van der Waals surface area contributed by atoms with Gasteiger partial charge in [-0.1, -0.05) is 0 Å². The zero-order valence-corrected chi connectivity index (χ0v) is 17.6. The Hall–Kier alpha value is -2.09. The van der Waals surface area contributed by atoms with E-state index in [0.29, 0.717) is 6.54 Å². The third kappa shape index (κ3) is 4.48. The average molecular weight is 409 g/mol. The number of methoxy groups -OCH3 is 1. The van der Waals surface area contributed by atoms with E-state index in [9.17, 15) is 14.4 Å². The Morgan fingerprint density at radius 3 is 2.50 bits per heavy atom. The average Bonchev–Trinajstić information content (AvgIpc) is 3.21. The number of thiophene rings is 1. The Kier molecular flexibility index (Phi) is 5.98. The molecule has 0 spiro atoms. The molecule has 2 aliphatic rings. The second kappa shape index (κ2) is 8.11. The standard InChI is InChI=1S/C20H28N2O5S/c1-20(2,3)27-19(25)21-16(18(24)26-4)12-5-7-13(8-6-12)22-11-15-14(17(22)23)9-10-28-15/h9-10,12-13,16H,5-8,11H2,1-4H3,(H,21,25)/t12-,13-,16-/m0/s1. The summed E-state index contributed by atoms with van der Waals surface area (Å²) in [5, 5.41) is 4.64. The predicted octanol–water partition coefficient (Wildman–Crippen LogP) is 3.33. The molecule has 7 nitrogen and oxygen atoms in total. The zero-order chi connectivity index (χ0) is 20.5. The molecule has 154 valence electrons. The maximum absolute atomic E-state index is 12.6. The number of nitrogens with zero attached hydrogens (tertiary/aromatic N) is 1. The summed E-state index contributed by atoms with van der Waals surface area (Å²) in [5.41, 5.74) is 0.185. The second-order valence-corrected chi connectivity index (χ2v) is 9.41. The minimum atomic E-state index is -0.739. The van der Waals surface area contributed by atoms with Crippen LogP contribution in [0.3, 0.4) is 0 Å². The molecule has 3 rings (SSSR count). The Balaban J connectivity index is 1.59. The van der Waals surface area contributed by atoms with E-state index < -0.39 is 23.7 Å². The van der Waals surface area contributed by atoms with Crippen LogP contribution in [0.4, 0.5) is 4.79 Å². The smallest absolute Gasteiger partial charge is 0.408 e. The lowest BCUT2D eigenvalue weighted by Crippen LogP contribution is -2.50. The monoisotopic (exact) mass is 408 g/mol. The fraction of sp³-hybridized carbons (Fsp3) is 0.650. The van der Waals surface area contributed by atoms with Crippen LogP contribution in [0.5, 0.6) is 0 Å². The lowest BCUT2D eigenvalue weighted by Gasteiger charge is -2.37. The van der Waals surface area contributed by atoms with Gasteiger partial charge in [-0.2, -0.15) is 0 Å². The number of rotatable bonds is 4. The van der Waals surface area contributed by atoms with Crippen molar-refractivity contribution in [3.63, 3.8) is 0 Å². The summed E-state index contributed by atoms with van der Waals surface area (Å²) in [7, 11) is 1.32. The van der Waals surface area contributed by atoms with Crippen LogP contribution < -0.4 is 5.32 Å². The number of fused-ring (bicyclic) bond motifs is 1. The predicted molar refractivity (Wildman–Crippen MR) is 105 cm³/mol. The van der Waals surface area contributed by atoms with Crippen molar-refractivity contribution < 1.29 is 23.9 Å². The molecule has 0 aromatic carbocycles. The van der Waals surface area contributed by atoms with Crippen LogP contribution in [-0.4, -0.2) is 47.7 Å². The van der Waals surface area contributed by atoms with E-state index in [4.69, 9.17) is 9.47 Å². The zero-order valence-electron chi connectivity index (χ0n) is 16.8. The molecular formula is C20H28N2O5S. The topological polar surface area (TPSA) is 84.9 Å². The van der Waals surface area contributed by atoms with Gasteiger partial charge in [0.1, 0.15) is 11.6 Å². The van der Waals surface area contributed by atoms with E-state index >= 15 is 0 Å². The van der Waals surface area contributed by atoms with Crippen molar-refractivity contribution in [3.8, 4) is 0 Å². The maximum Gasteiger partial charge on any atom is 0.408 e. The number of hydrogen-bond donors (Lipinski definition) is 1. The molecule has 1 N–H and O–H groups in total. The number of carbonyl (C=O) groups excluding carboxylic acids is 3. The first-order valence-corrected chi connectivity index (χ1v) is 10.5. The minimum absolute atomic E-state index is 0.0389. The van der Waals surface area contributed by atoms with Gasteiger partial charge in [-0.3, -0.25) is 4.79 Å². The first-order valence-electron chi connectivity index (χ1n) is 9.64. The van der Waals surface area contributed by atoms with E-state index in [2.05, 4.69) is 5.32 Å². The molecule has 1 atom stereocenters. The van der Waals surface area contributed by atoms with Gasteiger partial charge in [-0.05, 0) is 63.8 Å². The molecule has 0 unspecified atom stereocenters. The Morgan fingerprint density at radius 1 is 1.25 bits per heavy atom. The van der Waals surface area contributed by atoms with Crippen LogP contribution in [0.25, 0.3) is 0 Å².